The summed E-state index contributed by atoms with van der Waals surface area (Å²) in [5, 5.41) is 0. The lowest BCUT2D eigenvalue weighted by atomic mass is 9.87. The molecule has 0 saturated heterocycles. The van der Waals surface area contributed by atoms with Gasteiger partial charge in [0, 0.05) is 17.9 Å². The van der Waals surface area contributed by atoms with Gasteiger partial charge in [0.15, 0.2) is 11.6 Å². The van der Waals surface area contributed by atoms with Crippen molar-refractivity contribution in [3.63, 3.8) is 0 Å². The highest BCUT2D eigenvalue weighted by Crippen LogP contribution is 2.58. The minimum Gasteiger partial charge on any atom is -0.466 e. The maximum atomic E-state index is 14.1. The van der Waals surface area contributed by atoms with Crippen LogP contribution in [0.4, 0.5) is 17.6 Å². The number of halogens is 4. The van der Waals surface area contributed by atoms with Crippen LogP contribution in [0, 0.1) is 30.4 Å². The quantitative estimate of drug-likeness (QED) is 0.599. The van der Waals surface area contributed by atoms with Gasteiger partial charge in [0.05, 0.1) is 7.11 Å². The smallest absolute Gasteiger partial charge is 0.334 e. The molecule has 2 aliphatic carbocycles. The maximum absolute atomic E-state index is 14.1. The van der Waals surface area contributed by atoms with Gasteiger partial charge in [-0.15, -0.1) is 0 Å². The van der Waals surface area contributed by atoms with Gasteiger partial charge < -0.3 is 4.74 Å². The molecule has 1 fully saturated rings. The standard InChI is InChI=1S/C17H16F4O2/c1-8-9(3-4-13(18)15(8)19)14-10-5-6-17(20,21)12(10)7-11(14)16(22)23-2/h3-4,10,12H,5-7H2,1-2H3. The number of methoxy groups -OCH3 is 1. The summed E-state index contributed by atoms with van der Waals surface area (Å²) in [5.41, 5.74) is 0.873. The Morgan fingerprint density at radius 3 is 2.65 bits per heavy atom. The van der Waals surface area contributed by atoms with E-state index in [0.29, 0.717) is 11.1 Å². The zero-order chi connectivity index (χ0) is 16.9. The molecule has 1 aromatic carbocycles. The number of alkyl halides is 2. The summed E-state index contributed by atoms with van der Waals surface area (Å²) in [6.45, 7) is 1.38. The highest BCUT2D eigenvalue weighted by Gasteiger charge is 2.56. The van der Waals surface area contributed by atoms with Crippen LogP contribution in [0.1, 0.15) is 30.4 Å². The minimum absolute atomic E-state index is 0.0252. The van der Waals surface area contributed by atoms with E-state index in [1.165, 1.54) is 20.1 Å². The molecule has 0 aromatic heterocycles. The highest BCUT2D eigenvalue weighted by atomic mass is 19.3. The summed E-state index contributed by atoms with van der Waals surface area (Å²) < 4.78 is 60.1. The van der Waals surface area contributed by atoms with Gasteiger partial charge in [-0.1, -0.05) is 6.07 Å². The van der Waals surface area contributed by atoms with Crippen molar-refractivity contribution < 1.29 is 27.1 Å². The molecule has 0 aliphatic heterocycles. The molecule has 0 spiro atoms. The third-order valence-electron chi connectivity index (χ3n) is 5.00. The zero-order valence-electron chi connectivity index (χ0n) is 12.8. The molecule has 6 heteroatoms. The van der Waals surface area contributed by atoms with Crippen molar-refractivity contribution in [3.05, 3.63) is 40.5 Å². The lowest BCUT2D eigenvalue weighted by Crippen LogP contribution is -2.23. The average molecular weight is 328 g/mol. The van der Waals surface area contributed by atoms with Crippen molar-refractivity contribution in [2.75, 3.05) is 7.11 Å². The van der Waals surface area contributed by atoms with Crippen molar-refractivity contribution in [3.8, 4) is 0 Å². The predicted molar refractivity (Wildman–Crippen MR) is 75.8 cm³/mol. The Hall–Kier alpha value is -1.85. The molecule has 0 bridgehead atoms. The van der Waals surface area contributed by atoms with Crippen molar-refractivity contribution >= 4 is 11.5 Å². The van der Waals surface area contributed by atoms with Gasteiger partial charge in [-0.25, -0.2) is 22.4 Å². The van der Waals surface area contributed by atoms with E-state index in [1.807, 2.05) is 0 Å². The van der Waals surface area contributed by atoms with Crippen molar-refractivity contribution in [2.24, 2.45) is 11.8 Å². The predicted octanol–water partition coefficient (Wildman–Crippen LogP) is 4.27. The summed E-state index contributed by atoms with van der Waals surface area (Å²) in [5.74, 6) is -7.10. The first kappa shape index (κ1) is 16.0. The van der Waals surface area contributed by atoms with Crippen LogP contribution in [0.2, 0.25) is 0 Å². The van der Waals surface area contributed by atoms with E-state index in [0.717, 1.165) is 6.07 Å². The minimum atomic E-state index is -2.86. The van der Waals surface area contributed by atoms with E-state index in [2.05, 4.69) is 0 Å². The fourth-order valence-corrected chi connectivity index (χ4v) is 3.84. The van der Waals surface area contributed by atoms with Gasteiger partial charge >= 0.3 is 5.97 Å². The Kier molecular flexibility index (Phi) is 3.73. The number of carbonyl (C=O) groups is 1. The van der Waals surface area contributed by atoms with E-state index >= 15 is 0 Å². The second-order valence-electron chi connectivity index (χ2n) is 6.13. The SMILES string of the molecule is COC(=O)C1=C(c2ccc(F)c(F)c2C)C2CCC(F)(F)C2C1. The first-order valence-corrected chi connectivity index (χ1v) is 7.42. The Balaban J connectivity index is 2.17. The van der Waals surface area contributed by atoms with Gasteiger partial charge in [-0.05, 0) is 48.4 Å². The topological polar surface area (TPSA) is 26.3 Å². The van der Waals surface area contributed by atoms with Crippen molar-refractivity contribution in [1.82, 2.24) is 0 Å². The summed E-state index contributed by atoms with van der Waals surface area (Å²) in [4.78, 5) is 12.0. The highest BCUT2D eigenvalue weighted by molar-refractivity contribution is 6.00. The van der Waals surface area contributed by atoms with Crippen molar-refractivity contribution in [1.29, 1.82) is 0 Å². The Bertz CT molecular complexity index is 709. The van der Waals surface area contributed by atoms with E-state index < -0.39 is 35.4 Å². The number of benzene rings is 1. The third kappa shape index (κ3) is 2.35. The molecule has 1 aromatic rings. The van der Waals surface area contributed by atoms with Crippen LogP contribution < -0.4 is 0 Å². The second-order valence-corrected chi connectivity index (χ2v) is 6.13. The van der Waals surface area contributed by atoms with Gasteiger partial charge in [0.25, 0.3) is 5.92 Å². The number of hydrogen-bond acceptors (Lipinski definition) is 2. The number of allylic oxidation sites excluding steroid dienone is 1. The molecule has 2 atom stereocenters. The van der Waals surface area contributed by atoms with Crippen LogP contribution >= 0.6 is 0 Å². The first-order chi connectivity index (χ1) is 10.8. The molecule has 1 saturated carbocycles. The van der Waals surface area contributed by atoms with Crippen LogP contribution in [0.15, 0.2) is 17.7 Å². The van der Waals surface area contributed by atoms with Gasteiger partial charge in [0.1, 0.15) is 0 Å². The summed E-state index contributed by atoms with van der Waals surface area (Å²) in [6, 6.07) is 2.31. The summed E-state index contributed by atoms with van der Waals surface area (Å²) >= 11 is 0. The fraction of sp³-hybridized carbons (Fsp3) is 0.471. The lowest BCUT2D eigenvalue weighted by Gasteiger charge is -2.19. The summed E-state index contributed by atoms with van der Waals surface area (Å²) in [6.07, 6.45) is -0.146. The number of carbonyl (C=O) groups excluding carboxylic acids is 1. The molecule has 0 N–H and O–H groups in total. The van der Waals surface area contributed by atoms with E-state index in [9.17, 15) is 22.4 Å². The molecule has 0 heterocycles. The molecule has 0 amide bonds. The zero-order valence-corrected chi connectivity index (χ0v) is 12.8. The molecule has 3 rings (SSSR count). The largest absolute Gasteiger partial charge is 0.466 e. The molecule has 124 valence electrons. The molecule has 2 nitrogen and oxygen atoms in total. The van der Waals surface area contributed by atoms with Crippen LogP contribution in [0.3, 0.4) is 0 Å². The third-order valence-corrected chi connectivity index (χ3v) is 5.00. The van der Waals surface area contributed by atoms with E-state index in [4.69, 9.17) is 4.74 Å². The van der Waals surface area contributed by atoms with Gasteiger partial charge in [-0.3, -0.25) is 0 Å². The Labute approximate surface area is 131 Å². The van der Waals surface area contributed by atoms with Crippen LogP contribution in [0.5, 0.6) is 0 Å². The maximum Gasteiger partial charge on any atom is 0.334 e. The molecule has 2 unspecified atom stereocenters. The monoisotopic (exact) mass is 328 g/mol. The molecule has 2 aliphatic rings. The molecular formula is C17H16F4O2. The lowest BCUT2D eigenvalue weighted by molar-refractivity contribution is -0.136. The number of rotatable bonds is 2. The summed E-state index contributed by atoms with van der Waals surface area (Å²) in [7, 11) is 1.18. The Morgan fingerprint density at radius 2 is 2.00 bits per heavy atom. The first-order valence-electron chi connectivity index (χ1n) is 7.42. The average Bonchev–Trinajstić information content (AvgIpc) is 3.03. The van der Waals surface area contributed by atoms with E-state index in [1.54, 1.807) is 0 Å². The number of hydrogen-bond donors (Lipinski definition) is 0. The molecule has 23 heavy (non-hydrogen) atoms. The number of esters is 1. The normalized spacial score (nSPS) is 25.7. The van der Waals surface area contributed by atoms with Gasteiger partial charge in [-0.2, -0.15) is 0 Å². The van der Waals surface area contributed by atoms with Gasteiger partial charge in [0.2, 0.25) is 0 Å². The van der Waals surface area contributed by atoms with E-state index in [-0.39, 0.29) is 30.4 Å². The van der Waals surface area contributed by atoms with Crippen molar-refractivity contribution in [2.45, 2.75) is 32.1 Å². The molecule has 0 radical (unpaired) electrons. The van der Waals surface area contributed by atoms with Crippen LogP contribution in [0.25, 0.3) is 5.57 Å². The molecular weight excluding hydrogens is 312 g/mol. The second kappa shape index (κ2) is 5.35. The van der Waals surface area contributed by atoms with Crippen LogP contribution in [-0.4, -0.2) is 19.0 Å². The van der Waals surface area contributed by atoms with Crippen LogP contribution in [-0.2, 0) is 9.53 Å². The number of fused-ring (bicyclic) bond motifs is 1. The Morgan fingerprint density at radius 1 is 1.30 bits per heavy atom. The fourth-order valence-electron chi connectivity index (χ4n) is 3.84. The number of ether oxygens (including phenoxy) is 1.